The summed E-state index contributed by atoms with van der Waals surface area (Å²) in [5.74, 6) is -2.76. The minimum absolute atomic E-state index is 0. The van der Waals surface area contributed by atoms with E-state index in [1.807, 2.05) is 0 Å². The van der Waals surface area contributed by atoms with Crippen molar-refractivity contribution in [2.75, 3.05) is 0 Å². The topological polar surface area (TPSA) is 34.1 Å². The number of halogens is 3. The zero-order valence-corrected chi connectivity index (χ0v) is 5.16. The summed E-state index contributed by atoms with van der Waals surface area (Å²) in [4.78, 5) is 19.9. The van der Waals surface area contributed by atoms with Crippen molar-refractivity contribution in [3.63, 3.8) is 0 Å². The monoisotopic (exact) mass is 170 g/mol. The van der Waals surface area contributed by atoms with Gasteiger partial charge in [0.05, 0.1) is 6.42 Å². The lowest BCUT2D eigenvalue weighted by Crippen LogP contribution is -2.24. The van der Waals surface area contributed by atoms with Crippen molar-refractivity contribution in [2.45, 2.75) is 26.9 Å². The summed E-state index contributed by atoms with van der Waals surface area (Å²) >= 11 is 0. The first kappa shape index (κ1) is 12.8. The molecule has 0 rings (SSSR count). The van der Waals surface area contributed by atoms with Crippen molar-refractivity contribution in [1.29, 1.82) is 0 Å². The van der Waals surface area contributed by atoms with Crippen LogP contribution >= 0.6 is 0 Å². The van der Waals surface area contributed by atoms with E-state index in [0.717, 1.165) is 6.92 Å². The van der Waals surface area contributed by atoms with Crippen molar-refractivity contribution < 1.29 is 22.8 Å². The zero-order valence-electron chi connectivity index (χ0n) is 5.16. The van der Waals surface area contributed by atoms with Gasteiger partial charge < -0.3 is 0 Å². The Morgan fingerprint density at radius 2 is 1.64 bits per heavy atom. The molecule has 0 aliphatic rings. The second-order valence-electron chi connectivity index (χ2n) is 1.80. The molecule has 0 unspecified atom stereocenters. The molecule has 66 valence electrons. The summed E-state index contributed by atoms with van der Waals surface area (Å²) in [7, 11) is 0. The molecule has 0 N–H and O–H groups in total. The predicted molar refractivity (Wildman–Crippen MR) is 33.1 cm³/mol. The van der Waals surface area contributed by atoms with Crippen LogP contribution in [0.25, 0.3) is 0 Å². The number of rotatable bonds is 2. The standard InChI is InChI=1S/C5H5F3O2.CH4/c1-3(9)2-4(10)5(6,7)8;/h2H2,1H3;1H4. The highest BCUT2D eigenvalue weighted by Crippen LogP contribution is 2.17. The Kier molecular flexibility index (Phi) is 4.76. The Hall–Kier alpha value is -0.870. The van der Waals surface area contributed by atoms with Crippen LogP contribution in [0.1, 0.15) is 20.8 Å². The number of Topliss-reactive ketones (excluding diaryl/α,β-unsaturated/α-hetero) is 2. The molecule has 0 spiro atoms. The van der Waals surface area contributed by atoms with E-state index >= 15 is 0 Å². The Morgan fingerprint density at radius 3 is 1.73 bits per heavy atom. The number of carbonyl (C=O) groups is 2. The molecular weight excluding hydrogens is 161 g/mol. The number of hydrogen-bond donors (Lipinski definition) is 0. The SMILES string of the molecule is C.CC(=O)CC(=O)C(F)(F)F. The summed E-state index contributed by atoms with van der Waals surface area (Å²) in [6.07, 6.45) is -5.92. The van der Waals surface area contributed by atoms with Crippen LogP contribution in [0.4, 0.5) is 13.2 Å². The zero-order chi connectivity index (χ0) is 8.36. The second kappa shape index (κ2) is 4.10. The van der Waals surface area contributed by atoms with Crippen LogP contribution in [0.3, 0.4) is 0 Å². The van der Waals surface area contributed by atoms with Gasteiger partial charge in [0.2, 0.25) is 5.78 Å². The van der Waals surface area contributed by atoms with Gasteiger partial charge in [0.1, 0.15) is 5.78 Å². The molecule has 0 radical (unpaired) electrons. The molecule has 0 fully saturated rings. The van der Waals surface area contributed by atoms with E-state index in [2.05, 4.69) is 0 Å². The summed E-state index contributed by atoms with van der Waals surface area (Å²) in [6, 6.07) is 0. The maximum Gasteiger partial charge on any atom is 0.450 e. The third-order valence-electron chi connectivity index (χ3n) is 0.726. The lowest BCUT2D eigenvalue weighted by atomic mass is 10.2. The average molecular weight is 170 g/mol. The van der Waals surface area contributed by atoms with Crippen molar-refractivity contribution in [2.24, 2.45) is 0 Å². The van der Waals surface area contributed by atoms with Gasteiger partial charge in [-0.25, -0.2) is 0 Å². The fourth-order valence-corrected chi connectivity index (χ4v) is 0.326. The van der Waals surface area contributed by atoms with E-state index in [0.29, 0.717) is 0 Å². The predicted octanol–water partition coefficient (Wildman–Crippen LogP) is 1.73. The Bertz CT molecular complexity index is 160. The largest absolute Gasteiger partial charge is 0.450 e. The maximum absolute atomic E-state index is 11.3. The minimum Gasteiger partial charge on any atom is -0.300 e. The van der Waals surface area contributed by atoms with E-state index in [-0.39, 0.29) is 7.43 Å². The first-order valence-corrected chi connectivity index (χ1v) is 2.43. The third kappa shape index (κ3) is 5.57. The highest BCUT2D eigenvalue weighted by molar-refractivity contribution is 6.00. The average Bonchev–Trinajstić information content (AvgIpc) is 1.60. The highest BCUT2D eigenvalue weighted by atomic mass is 19.4. The normalized spacial score (nSPS) is 10.2. The third-order valence-corrected chi connectivity index (χ3v) is 0.726. The Labute approximate surface area is 62.4 Å². The molecule has 0 heterocycles. The fraction of sp³-hybridized carbons (Fsp3) is 0.667. The molecule has 2 nitrogen and oxygen atoms in total. The Morgan fingerprint density at radius 1 is 1.27 bits per heavy atom. The smallest absolute Gasteiger partial charge is 0.300 e. The second-order valence-corrected chi connectivity index (χ2v) is 1.80. The maximum atomic E-state index is 11.3. The van der Waals surface area contributed by atoms with E-state index in [9.17, 15) is 22.8 Å². The molecule has 0 aromatic rings. The molecule has 0 aliphatic carbocycles. The number of ketones is 2. The summed E-state index contributed by atoms with van der Waals surface area (Å²) in [5.41, 5.74) is 0. The first-order valence-electron chi connectivity index (χ1n) is 2.43. The lowest BCUT2D eigenvalue weighted by Gasteiger charge is -2.00. The summed E-state index contributed by atoms with van der Waals surface area (Å²) < 4.78 is 33.9. The van der Waals surface area contributed by atoms with E-state index in [4.69, 9.17) is 0 Å². The van der Waals surface area contributed by atoms with Gasteiger partial charge in [-0.1, -0.05) is 7.43 Å². The minimum atomic E-state index is -4.87. The van der Waals surface area contributed by atoms with Crippen LogP contribution in [0.2, 0.25) is 0 Å². The first-order chi connectivity index (χ1) is 4.34. The molecule has 0 aliphatic heterocycles. The number of carbonyl (C=O) groups excluding carboxylic acids is 2. The Balaban J connectivity index is 0. The van der Waals surface area contributed by atoms with Gasteiger partial charge >= 0.3 is 6.18 Å². The molecule has 0 amide bonds. The van der Waals surface area contributed by atoms with E-state index < -0.39 is 24.2 Å². The van der Waals surface area contributed by atoms with Crippen LogP contribution < -0.4 is 0 Å². The quantitative estimate of drug-likeness (QED) is 0.591. The molecule has 0 atom stereocenters. The van der Waals surface area contributed by atoms with Crippen molar-refractivity contribution >= 4 is 11.6 Å². The van der Waals surface area contributed by atoms with Gasteiger partial charge in [-0.3, -0.25) is 9.59 Å². The van der Waals surface area contributed by atoms with Crippen LogP contribution in [-0.2, 0) is 9.59 Å². The van der Waals surface area contributed by atoms with Gasteiger partial charge in [-0.2, -0.15) is 13.2 Å². The fourth-order valence-electron chi connectivity index (χ4n) is 0.326. The van der Waals surface area contributed by atoms with Gasteiger partial charge in [0, 0.05) is 0 Å². The van der Waals surface area contributed by atoms with Gasteiger partial charge in [0.15, 0.2) is 0 Å². The van der Waals surface area contributed by atoms with Crippen LogP contribution in [0.15, 0.2) is 0 Å². The van der Waals surface area contributed by atoms with E-state index in [1.54, 1.807) is 0 Å². The van der Waals surface area contributed by atoms with Crippen molar-refractivity contribution in [1.82, 2.24) is 0 Å². The molecule has 0 saturated heterocycles. The van der Waals surface area contributed by atoms with Gasteiger partial charge in [-0.15, -0.1) is 0 Å². The van der Waals surface area contributed by atoms with Crippen LogP contribution in [0.5, 0.6) is 0 Å². The number of alkyl halides is 3. The molecule has 0 saturated carbocycles. The molecular formula is C6H9F3O2. The molecule has 0 aromatic carbocycles. The number of hydrogen-bond acceptors (Lipinski definition) is 2. The van der Waals surface area contributed by atoms with Crippen LogP contribution in [0, 0.1) is 0 Å². The molecule has 5 heteroatoms. The van der Waals surface area contributed by atoms with Gasteiger partial charge in [0.25, 0.3) is 0 Å². The van der Waals surface area contributed by atoms with E-state index in [1.165, 1.54) is 0 Å². The summed E-state index contributed by atoms with van der Waals surface area (Å²) in [6.45, 7) is 0.934. The highest BCUT2D eigenvalue weighted by Gasteiger charge is 2.38. The van der Waals surface area contributed by atoms with Crippen LogP contribution in [-0.4, -0.2) is 17.7 Å². The molecule has 0 bridgehead atoms. The lowest BCUT2D eigenvalue weighted by molar-refractivity contribution is -0.171. The van der Waals surface area contributed by atoms with Crippen molar-refractivity contribution in [3.8, 4) is 0 Å². The summed E-state index contributed by atoms with van der Waals surface area (Å²) in [5, 5.41) is 0. The van der Waals surface area contributed by atoms with Gasteiger partial charge in [-0.05, 0) is 6.92 Å². The van der Waals surface area contributed by atoms with Crippen molar-refractivity contribution in [3.05, 3.63) is 0 Å². The molecule has 11 heavy (non-hydrogen) atoms. The molecule has 0 aromatic heterocycles.